The molecule has 0 fully saturated rings. The minimum absolute atomic E-state index is 0.337. The molecule has 4 nitrogen and oxygen atoms in total. The van der Waals surface area contributed by atoms with E-state index in [0.717, 1.165) is 25.7 Å². The predicted octanol–water partition coefficient (Wildman–Crippen LogP) is 19.4. The molecule has 340 valence electrons. The van der Waals surface area contributed by atoms with Crippen LogP contribution >= 0.6 is 0 Å². The van der Waals surface area contributed by atoms with Crippen LogP contribution in [0.3, 0.4) is 0 Å². The van der Waals surface area contributed by atoms with Gasteiger partial charge in [0.15, 0.2) is 0 Å². The molecule has 2 N–H and O–H groups in total. The van der Waals surface area contributed by atoms with Gasteiger partial charge in [0.2, 0.25) is 0 Å². The molecule has 0 unspecified atom stereocenters. The lowest BCUT2D eigenvalue weighted by atomic mass is 10.0. The zero-order valence-corrected chi connectivity index (χ0v) is 39.8. The lowest BCUT2D eigenvalue weighted by Gasteiger charge is -2.03. The molecular weight excluding hydrogens is 689 g/mol. The van der Waals surface area contributed by atoms with Crippen molar-refractivity contribution < 1.29 is 19.8 Å². The Morgan fingerprint density at radius 1 is 0.214 bits per heavy atom. The fraction of sp³-hybridized carbons (Fsp3) is 0.962. The van der Waals surface area contributed by atoms with Gasteiger partial charge in [0.1, 0.15) is 0 Å². The largest absolute Gasteiger partial charge is 0.481 e. The van der Waals surface area contributed by atoms with Gasteiger partial charge in [-0.25, -0.2) is 0 Å². The van der Waals surface area contributed by atoms with E-state index in [4.69, 9.17) is 10.2 Å². The maximum absolute atomic E-state index is 10.1. The number of carbonyl (C=O) groups is 2. The molecule has 0 aromatic carbocycles. The van der Waals surface area contributed by atoms with E-state index >= 15 is 0 Å². The van der Waals surface area contributed by atoms with E-state index in [2.05, 4.69) is 41.5 Å². The van der Waals surface area contributed by atoms with Gasteiger partial charge in [-0.2, -0.15) is 0 Å². The highest BCUT2D eigenvalue weighted by atomic mass is 16.4. The van der Waals surface area contributed by atoms with Gasteiger partial charge < -0.3 is 10.2 Å². The second kappa shape index (κ2) is 63.1. The Balaban J connectivity index is -0.000000330. The average Bonchev–Trinajstić information content (AvgIpc) is 3.18. The van der Waals surface area contributed by atoms with Crippen molar-refractivity contribution in [1.29, 1.82) is 0 Å². The molecule has 0 saturated carbocycles. The summed E-state index contributed by atoms with van der Waals surface area (Å²) in [6, 6.07) is 0. The summed E-state index contributed by atoms with van der Waals surface area (Å²) in [6.07, 6.45) is 58.4. The molecule has 4 heteroatoms. The van der Waals surface area contributed by atoms with Gasteiger partial charge in [-0.1, -0.05) is 298 Å². The molecule has 0 heterocycles. The molecule has 0 aromatic rings. The van der Waals surface area contributed by atoms with Crippen LogP contribution in [0.25, 0.3) is 0 Å². The van der Waals surface area contributed by atoms with E-state index in [-0.39, 0.29) is 0 Å². The second-order valence-corrected chi connectivity index (χ2v) is 17.0. The minimum atomic E-state index is -0.670. The van der Waals surface area contributed by atoms with Crippen molar-refractivity contribution >= 4 is 11.9 Å². The van der Waals surface area contributed by atoms with E-state index in [1.165, 1.54) is 244 Å². The summed E-state index contributed by atoms with van der Waals surface area (Å²) in [7, 11) is 0. The molecule has 0 rings (SSSR count). The molecule has 0 aliphatic rings. The fourth-order valence-corrected chi connectivity index (χ4v) is 7.00. The number of hydrogen-bond donors (Lipinski definition) is 2. The summed E-state index contributed by atoms with van der Waals surface area (Å²) in [4.78, 5) is 20.2. The Bertz CT molecular complexity index is 633. The van der Waals surface area contributed by atoms with Crippen molar-refractivity contribution in [3.63, 3.8) is 0 Å². The predicted molar refractivity (Wildman–Crippen MR) is 252 cm³/mol. The Morgan fingerprint density at radius 2 is 0.321 bits per heavy atom. The number of unbranched alkanes of at least 4 members (excludes halogenated alkanes) is 38. The second-order valence-electron chi connectivity index (χ2n) is 17.0. The maximum Gasteiger partial charge on any atom is 0.303 e. The lowest BCUT2D eigenvalue weighted by Crippen LogP contribution is -1.93. The standard InChI is InChI=1S/C18H38.C16H34.C10H20O2.C8H16O2/c1-3-5-7-9-11-13-15-17-18-16-14-12-10-8-6-4-2;1-3-5-7-9-11-13-15-16-14-12-10-8-6-4-2;1-2-3-4-5-6-7-8-9-10(11)12;1-2-3-4-5-6-7-8(9)10/h3-18H2,1-2H3;3-16H2,1-2H3;2-9H2,1H3,(H,11,12);2-7H2,1H3,(H,9,10). The zero-order valence-electron chi connectivity index (χ0n) is 39.8. The molecule has 0 amide bonds. The number of hydrogen-bond acceptors (Lipinski definition) is 2. The van der Waals surface area contributed by atoms with E-state index in [1.54, 1.807) is 0 Å². The monoisotopic (exact) mass is 797 g/mol. The summed E-state index contributed by atoms with van der Waals surface area (Å²) in [5.74, 6) is -1.33. The van der Waals surface area contributed by atoms with Gasteiger partial charge in [0.05, 0.1) is 0 Å². The normalized spacial score (nSPS) is 10.5. The highest BCUT2D eigenvalue weighted by Gasteiger charge is 1.97. The van der Waals surface area contributed by atoms with Gasteiger partial charge in [-0.15, -0.1) is 0 Å². The van der Waals surface area contributed by atoms with E-state index in [9.17, 15) is 9.59 Å². The SMILES string of the molecule is CCCCCCCC(=O)O.CCCCCCCCCC(=O)O.CCCCCCCCCCCCCCCC.CCCCCCCCCCCCCCCCCC. The zero-order chi connectivity index (χ0) is 42.3. The first kappa shape index (κ1) is 61.6. The molecule has 56 heavy (non-hydrogen) atoms. The topological polar surface area (TPSA) is 74.6 Å². The lowest BCUT2D eigenvalue weighted by molar-refractivity contribution is -0.138. The van der Waals surface area contributed by atoms with Crippen LogP contribution in [0.2, 0.25) is 0 Å². The first-order chi connectivity index (χ1) is 27.4. The quantitative estimate of drug-likeness (QED) is 0.0603. The summed E-state index contributed by atoms with van der Waals surface area (Å²) in [5.41, 5.74) is 0. The van der Waals surface area contributed by atoms with Crippen LogP contribution in [-0.4, -0.2) is 22.2 Å². The van der Waals surface area contributed by atoms with Crippen molar-refractivity contribution in [3.05, 3.63) is 0 Å². The summed E-state index contributed by atoms with van der Waals surface area (Å²) in [5, 5.41) is 16.6. The van der Waals surface area contributed by atoms with Crippen molar-refractivity contribution in [1.82, 2.24) is 0 Å². The van der Waals surface area contributed by atoms with Gasteiger partial charge in [0.25, 0.3) is 0 Å². The summed E-state index contributed by atoms with van der Waals surface area (Å²) < 4.78 is 0. The summed E-state index contributed by atoms with van der Waals surface area (Å²) >= 11 is 0. The van der Waals surface area contributed by atoms with Crippen molar-refractivity contribution in [2.75, 3.05) is 0 Å². The Labute approximate surface area is 354 Å². The van der Waals surface area contributed by atoms with E-state index in [1.807, 2.05) is 0 Å². The van der Waals surface area contributed by atoms with E-state index in [0.29, 0.717) is 12.8 Å². The van der Waals surface area contributed by atoms with Crippen LogP contribution in [0.1, 0.15) is 324 Å². The first-order valence-electron chi connectivity index (χ1n) is 25.8. The van der Waals surface area contributed by atoms with Crippen LogP contribution in [0.4, 0.5) is 0 Å². The molecule has 0 aromatic heterocycles. The third-order valence-electron chi connectivity index (χ3n) is 10.9. The molecule has 0 aliphatic carbocycles. The van der Waals surface area contributed by atoms with Crippen molar-refractivity contribution in [3.8, 4) is 0 Å². The number of carboxylic acid groups (broad SMARTS) is 2. The highest BCUT2D eigenvalue weighted by molar-refractivity contribution is 5.66. The van der Waals surface area contributed by atoms with Crippen LogP contribution < -0.4 is 0 Å². The van der Waals surface area contributed by atoms with Crippen LogP contribution in [0.15, 0.2) is 0 Å². The molecular formula is C52H108O4. The van der Waals surface area contributed by atoms with Crippen molar-refractivity contribution in [2.24, 2.45) is 0 Å². The number of rotatable bonds is 42. The Morgan fingerprint density at radius 3 is 0.429 bits per heavy atom. The smallest absolute Gasteiger partial charge is 0.303 e. The first-order valence-corrected chi connectivity index (χ1v) is 25.8. The summed E-state index contributed by atoms with van der Waals surface area (Å²) in [6.45, 7) is 13.5. The van der Waals surface area contributed by atoms with E-state index < -0.39 is 11.9 Å². The Hall–Kier alpha value is -1.06. The van der Waals surface area contributed by atoms with Gasteiger partial charge >= 0.3 is 11.9 Å². The minimum Gasteiger partial charge on any atom is -0.481 e. The van der Waals surface area contributed by atoms with Crippen LogP contribution in [0, 0.1) is 0 Å². The molecule has 0 spiro atoms. The third-order valence-corrected chi connectivity index (χ3v) is 10.9. The number of carboxylic acids is 2. The molecule has 0 aliphatic heterocycles. The van der Waals surface area contributed by atoms with Gasteiger partial charge in [-0.05, 0) is 12.8 Å². The van der Waals surface area contributed by atoms with Gasteiger partial charge in [-0.3, -0.25) is 9.59 Å². The average molecular weight is 797 g/mol. The highest BCUT2D eigenvalue weighted by Crippen LogP contribution is 2.15. The molecule has 0 bridgehead atoms. The van der Waals surface area contributed by atoms with Crippen molar-refractivity contribution in [2.45, 2.75) is 324 Å². The van der Waals surface area contributed by atoms with Crippen LogP contribution in [-0.2, 0) is 9.59 Å². The molecule has 0 atom stereocenters. The molecule has 0 saturated heterocycles. The molecule has 0 radical (unpaired) electrons. The maximum atomic E-state index is 10.1. The van der Waals surface area contributed by atoms with Crippen LogP contribution in [0.5, 0.6) is 0 Å². The third kappa shape index (κ3) is 77.5. The number of aliphatic carboxylic acids is 2. The van der Waals surface area contributed by atoms with Gasteiger partial charge in [0, 0.05) is 12.8 Å². The fourth-order valence-electron chi connectivity index (χ4n) is 7.00. The Kier molecular flexibility index (Phi) is 69.4.